The molecule has 0 aliphatic rings. The highest BCUT2D eigenvalue weighted by Gasteiger charge is 2.24. The van der Waals surface area contributed by atoms with Gasteiger partial charge in [-0.1, -0.05) is 0 Å². The quantitative estimate of drug-likeness (QED) is 0.652. The summed E-state index contributed by atoms with van der Waals surface area (Å²) in [5.74, 6) is 0. The van der Waals surface area contributed by atoms with Crippen LogP contribution in [0.2, 0.25) is 0 Å². The molecule has 0 amide bonds. The second-order valence-corrected chi connectivity index (χ2v) is 4.54. The zero-order valence-electron chi connectivity index (χ0n) is 8.24. The molecule has 0 N–H and O–H groups in total. The fourth-order valence-electron chi connectivity index (χ4n) is 0.815. The molecule has 0 aromatic rings. The van der Waals surface area contributed by atoms with Gasteiger partial charge in [-0.15, -0.1) is 12.4 Å². The molecule has 0 unspecified atom stereocenters. The van der Waals surface area contributed by atoms with Crippen LogP contribution < -0.4 is 0 Å². The number of hydrogen-bond acceptors (Lipinski definition) is 3. The van der Waals surface area contributed by atoms with Crippen molar-refractivity contribution in [2.24, 2.45) is 0 Å². The smallest absolute Gasteiger partial charge is 0.309 e. The molecule has 0 saturated heterocycles. The van der Waals surface area contributed by atoms with Gasteiger partial charge < -0.3 is 9.05 Å². The first-order chi connectivity index (χ1) is 6.04. The normalized spacial score (nSPS) is 11.5. The Bertz CT molecular complexity index is 170. The van der Waals surface area contributed by atoms with Crippen LogP contribution in [-0.2, 0) is 13.6 Å². The molecule has 0 atom stereocenters. The summed E-state index contributed by atoms with van der Waals surface area (Å²) in [5, 5.41) is 0. The van der Waals surface area contributed by atoms with Crippen LogP contribution >= 0.6 is 20.0 Å². The summed E-state index contributed by atoms with van der Waals surface area (Å²) in [5.41, 5.74) is 0. The third kappa shape index (κ3) is 7.68. The van der Waals surface area contributed by atoms with Crippen LogP contribution in [-0.4, -0.2) is 25.8 Å². The zero-order valence-corrected chi connectivity index (χ0v) is 9.95. The lowest BCUT2D eigenvalue weighted by Crippen LogP contribution is -2.03. The molecule has 0 fully saturated rings. The Morgan fingerprint density at radius 1 is 1.21 bits per heavy atom. The van der Waals surface area contributed by atoms with Crippen molar-refractivity contribution in [1.82, 2.24) is 0 Å². The van der Waals surface area contributed by atoms with Crippen LogP contribution in [0.5, 0.6) is 0 Å². The third-order valence-corrected chi connectivity index (χ3v) is 3.38. The van der Waals surface area contributed by atoms with Crippen molar-refractivity contribution in [3.63, 3.8) is 0 Å². The van der Waals surface area contributed by atoms with E-state index in [9.17, 15) is 13.3 Å². The summed E-state index contributed by atoms with van der Waals surface area (Å²) >= 11 is 0. The summed E-state index contributed by atoms with van der Waals surface area (Å²) in [6.45, 7) is 3.71. The van der Waals surface area contributed by atoms with Gasteiger partial charge in [0.05, 0.1) is 19.4 Å². The largest absolute Gasteiger partial charge is 0.330 e. The minimum absolute atomic E-state index is 0. The molecule has 3 nitrogen and oxygen atoms in total. The second kappa shape index (κ2) is 8.60. The van der Waals surface area contributed by atoms with Crippen LogP contribution in [0.3, 0.4) is 0 Å². The van der Waals surface area contributed by atoms with Gasteiger partial charge in [-0.05, 0) is 13.8 Å². The molecule has 0 spiro atoms. The van der Waals surface area contributed by atoms with Gasteiger partial charge in [0, 0.05) is 6.42 Å². The molecular formula is C7H16ClF2O3P. The van der Waals surface area contributed by atoms with Crippen LogP contribution in [0.4, 0.5) is 8.78 Å². The molecule has 88 valence electrons. The SMILES string of the molecule is CCOP(=O)(CCC(F)F)OCC.Cl. The van der Waals surface area contributed by atoms with Gasteiger partial charge >= 0.3 is 7.60 Å². The molecule has 0 aromatic heterocycles. The van der Waals surface area contributed by atoms with Crippen LogP contribution in [0.1, 0.15) is 20.3 Å². The summed E-state index contributed by atoms with van der Waals surface area (Å²) < 4.78 is 44.8. The molecule has 0 aromatic carbocycles. The summed E-state index contributed by atoms with van der Waals surface area (Å²) in [6.07, 6.45) is -3.13. The van der Waals surface area contributed by atoms with E-state index in [4.69, 9.17) is 9.05 Å². The Labute approximate surface area is 89.1 Å². The van der Waals surface area contributed by atoms with Crippen molar-refractivity contribution in [2.75, 3.05) is 19.4 Å². The fourth-order valence-corrected chi connectivity index (χ4v) is 2.45. The minimum Gasteiger partial charge on any atom is -0.309 e. The van der Waals surface area contributed by atoms with Gasteiger partial charge in [0.15, 0.2) is 0 Å². The van der Waals surface area contributed by atoms with Gasteiger partial charge in [0.2, 0.25) is 6.43 Å². The topological polar surface area (TPSA) is 35.5 Å². The molecule has 0 aliphatic carbocycles. The van der Waals surface area contributed by atoms with Crippen molar-refractivity contribution in [3.8, 4) is 0 Å². The highest BCUT2D eigenvalue weighted by atomic mass is 35.5. The van der Waals surface area contributed by atoms with Crippen LogP contribution in [0, 0.1) is 0 Å². The van der Waals surface area contributed by atoms with Crippen LogP contribution in [0.25, 0.3) is 0 Å². The summed E-state index contributed by atoms with van der Waals surface area (Å²) in [4.78, 5) is 0. The Kier molecular flexibility index (Phi) is 10.3. The fraction of sp³-hybridized carbons (Fsp3) is 1.00. The second-order valence-electron chi connectivity index (χ2n) is 2.35. The highest BCUT2D eigenvalue weighted by Crippen LogP contribution is 2.48. The van der Waals surface area contributed by atoms with E-state index < -0.39 is 20.4 Å². The van der Waals surface area contributed by atoms with E-state index in [0.717, 1.165) is 0 Å². The lowest BCUT2D eigenvalue weighted by atomic mass is 10.5. The number of rotatable bonds is 7. The molecule has 0 rings (SSSR count). The summed E-state index contributed by atoms with van der Waals surface area (Å²) in [6, 6.07) is 0. The summed E-state index contributed by atoms with van der Waals surface area (Å²) in [7, 11) is -3.25. The lowest BCUT2D eigenvalue weighted by molar-refractivity contribution is 0.139. The maximum atomic E-state index is 11.8. The third-order valence-electron chi connectivity index (χ3n) is 1.27. The Balaban J connectivity index is 0. The average Bonchev–Trinajstić information content (AvgIpc) is 2.02. The van der Waals surface area contributed by atoms with Gasteiger partial charge in [-0.25, -0.2) is 8.78 Å². The van der Waals surface area contributed by atoms with E-state index in [1.165, 1.54) is 0 Å². The lowest BCUT2D eigenvalue weighted by Gasteiger charge is -2.16. The monoisotopic (exact) mass is 252 g/mol. The van der Waals surface area contributed by atoms with E-state index >= 15 is 0 Å². The predicted molar refractivity (Wildman–Crippen MR) is 53.6 cm³/mol. The Morgan fingerprint density at radius 3 is 1.93 bits per heavy atom. The number of hydrogen-bond donors (Lipinski definition) is 0. The van der Waals surface area contributed by atoms with Crippen molar-refractivity contribution in [2.45, 2.75) is 26.7 Å². The Hall–Kier alpha value is 0.300. The van der Waals surface area contributed by atoms with E-state index in [-0.39, 0.29) is 31.8 Å². The first-order valence-corrected chi connectivity index (χ1v) is 5.93. The van der Waals surface area contributed by atoms with Crippen molar-refractivity contribution < 1.29 is 22.4 Å². The first kappa shape index (κ1) is 16.7. The van der Waals surface area contributed by atoms with Crippen molar-refractivity contribution in [1.29, 1.82) is 0 Å². The standard InChI is InChI=1S/C7H15F2O3P.ClH/c1-3-11-13(10,12-4-2)6-5-7(8)9;/h7H,3-6H2,1-2H3;1H. The molecule has 0 bridgehead atoms. The highest BCUT2D eigenvalue weighted by molar-refractivity contribution is 7.53. The van der Waals surface area contributed by atoms with E-state index in [0.29, 0.717) is 0 Å². The van der Waals surface area contributed by atoms with E-state index in [2.05, 4.69) is 0 Å². The molecule has 0 radical (unpaired) electrons. The predicted octanol–water partition coefficient (Wildman–Crippen LogP) is 3.33. The maximum Gasteiger partial charge on any atom is 0.330 e. The molecule has 0 saturated carbocycles. The van der Waals surface area contributed by atoms with Gasteiger partial charge in [-0.3, -0.25) is 4.57 Å². The van der Waals surface area contributed by atoms with Gasteiger partial charge in [0.25, 0.3) is 0 Å². The van der Waals surface area contributed by atoms with E-state index in [1.54, 1.807) is 13.8 Å². The zero-order chi connectivity index (χ0) is 10.3. The number of alkyl halides is 2. The molecule has 7 heteroatoms. The maximum absolute atomic E-state index is 11.8. The molecule has 0 heterocycles. The van der Waals surface area contributed by atoms with E-state index in [1.807, 2.05) is 0 Å². The van der Waals surface area contributed by atoms with Crippen molar-refractivity contribution >= 4 is 20.0 Å². The van der Waals surface area contributed by atoms with Gasteiger partial charge in [0.1, 0.15) is 0 Å². The van der Waals surface area contributed by atoms with Crippen molar-refractivity contribution in [3.05, 3.63) is 0 Å². The molecular weight excluding hydrogens is 236 g/mol. The molecule has 0 aliphatic heterocycles. The molecule has 14 heavy (non-hydrogen) atoms. The average molecular weight is 253 g/mol. The Morgan fingerprint density at radius 2 is 1.64 bits per heavy atom. The number of halogens is 3. The van der Waals surface area contributed by atoms with Crippen LogP contribution in [0.15, 0.2) is 0 Å². The minimum atomic E-state index is -3.25. The van der Waals surface area contributed by atoms with Gasteiger partial charge in [-0.2, -0.15) is 0 Å². The first-order valence-electron chi connectivity index (χ1n) is 4.20.